The third kappa shape index (κ3) is 3.65. The second-order valence-corrected chi connectivity index (χ2v) is 10.2. The number of hydrogen-bond donors (Lipinski definition) is 15. The number of piperidine rings is 1. The van der Waals surface area contributed by atoms with Crippen molar-refractivity contribution in [1.82, 2.24) is 4.90 Å². The number of carbonyl (C=O) groups excluding carboxylic acids is 1. The lowest BCUT2D eigenvalue weighted by Crippen LogP contribution is -2.97. The highest BCUT2D eigenvalue weighted by molar-refractivity contribution is 6.08. The fraction of sp³-hybridized carbons (Fsp3) is 0.458. The minimum absolute atomic E-state index is 0.0984. The molecule has 0 bridgehead atoms. The molecule has 1 atom stereocenters. The Labute approximate surface area is 239 Å². The molecule has 2 aromatic rings. The van der Waals surface area contributed by atoms with E-state index in [9.17, 15) is 81.4 Å². The van der Waals surface area contributed by atoms with Gasteiger partial charge in [0.2, 0.25) is 28.7 Å². The fourth-order valence-electron chi connectivity index (χ4n) is 5.62. The van der Waals surface area contributed by atoms with E-state index in [0.717, 1.165) is 14.2 Å². The average molecular weight is 619 g/mol. The van der Waals surface area contributed by atoms with Gasteiger partial charge < -0.3 is 86.1 Å². The number of aromatic hydroxyl groups is 2. The Balaban J connectivity index is 1.99. The van der Waals surface area contributed by atoms with Crippen molar-refractivity contribution in [3.05, 3.63) is 47.0 Å². The van der Waals surface area contributed by atoms with Crippen molar-refractivity contribution in [1.29, 1.82) is 0 Å². The van der Waals surface area contributed by atoms with E-state index in [1.165, 1.54) is 30.3 Å². The lowest BCUT2D eigenvalue weighted by atomic mass is 9.64. The summed E-state index contributed by atoms with van der Waals surface area (Å²) in [5.41, 5.74) is -8.37. The first-order chi connectivity index (χ1) is 19.5. The van der Waals surface area contributed by atoms with Crippen molar-refractivity contribution in [3.8, 4) is 23.0 Å². The van der Waals surface area contributed by atoms with Gasteiger partial charge in [-0.05, 0) is 5.56 Å². The van der Waals surface area contributed by atoms with Crippen LogP contribution in [0.4, 0.5) is 0 Å². The monoisotopic (exact) mass is 619 g/mol. The number of carbonyl (C=O) groups is 1. The molecule has 1 aliphatic heterocycles. The maximum absolute atomic E-state index is 13.4. The molecule has 1 heterocycles. The summed E-state index contributed by atoms with van der Waals surface area (Å²) in [6.07, 6.45) is 0. The van der Waals surface area contributed by atoms with Crippen molar-refractivity contribution < 1.29 is 90.9 Å². The predicted octanol–water partition coefficient (Wildman–Crippen LogP) is -6.37. The first-order valence-corrected chi connectivity index (χ1v) is 11.9. The summed E-state index contributed by atoms with van der Waals surface area (Å²) in [6, 6.07) is 6.53. The van der Waals surface area contributed by atoms with Gasteiger partial charge in [0.15, 0.2) is 17.3 Å². The quantitative estimate of drug-likeness (QED) is 0.105. The maximum Gasteiger partial charge on any atom is 0.290 e. The van der Waals surface area contributed by atoms with E-state index >= 15 is 0 Å². The lowest BCUT2D eigenvalue weighted by Gasteiger charge is -2.65. The summed E-state index contributed by atoms with van der Waals surface area (Å²) in [5.74, 6) is -39.5. The standard InChI is InChI=1S/C24H29NO18/c1-42-15-12(26)10-11(14(28)16(15)43-2)18(29,30)17(13(10)27)19(31,32)20(33)21(34,35)23(38,39)25(24(40,41)22(20,36)37)8-9-6-4-3-5-7-9/h3-7,17,26,28-41H,8H2,1-2H3. The second-order valence-electron chi connectivity index (χ2n) is 10.2. The van der Waals surface area contributed by atoms with Gasteiger partial charge in [-0.1, -0.05) is 30.3 Å². The molecule has 0 amide bonds. The molecule has 1 saturated heterocycles. The number of hydrogen-bond acceptors (Lipinski definition) is 19. The molecule has 0 spiro atoms. The van der Waals surface area contributed by atoms with Crippen LogP contribution in [-0.4, -0.2) is 136 Å². The van der Waals surface area contributed by atoms with Crippen LogP contribution in [-0.2, 0) is 12.3 Å². The number of aliphatic hydroxyl groups is 13. The number of ether oxygens (including phenoxy) is 2. The fourth-order valence-corrected chi connectivity index (χ4v) is 5.62. The highest BCUT2D eigenvalue weighted by Gasteiger charge is 2.92. The number of phenols is 2. The molecule has 0 radical (unpaired) electrons. The molecule has 1 fully saturated rings. The first-order valence-electron chi connectivity index (χ1n) is 11.9. The summed E-state index contributed by atoms with van der Waals surface area (Å²) in [5, 5.41) is 163. The molecule has 0 saturated carbocycles. The zero-order valence-electron chi connectivity index (χ0n) is 22.1. The Bertz CT molecular complexity index is 1420. The smallest absolute Gasteiger partial charge is 0.290 e. The molecule has 1 unspecified atom stereocenters. The zero-order chi connectivity index (χ0) is 32.9. The number of nitrogens with zero attached hydrogens (tertiary/aromatic N) is 1. The Kier molecular flexibility index (Phi) is 7.12. The minimum Gasteiger partial charge on any atom is -0.504 e. The van der Waals surface area contributed by atoms with Crippen molar-refractivity contribution in [2.24, 2.45) is 5.92 Å². The molecule has 238 valence electrons. The summed E-state index contributed by atoms with van der Waals surface area (Å²) in [7, 11) is 1.77. The topological polar surface area (TPSA) is 342 Å². The lowest BCUT2D eigenvalue weighted by molar-refractivity contribution is -0.622. The van der Waals surface area contributed by atoms with Gasteiger partial charge in [0, 0.05) is 6.54 Å². The largest absolute Gasteiger partial charge is 0.504 e. The number of likely N-dealkylation sites (tertiary alicyclic amines) is 1. The van der Waals surface area contributed by atoms with Crippen LogP contribution < -0.4 is 9.47 Å². The Morgan fingerprint density at radius 1 is 0.767 bits per heavy atom. The van der Waals surface area contributed by atoms with Gasteiger partial charge >= 0.3 is 0 Å². The van der Waals surface area contributed by atoms with Crippen LogP contribution in [0.2, 0.25) is 0 Å². The highest BCUT2D eigenvalue weighted by Crippen LogP contribution is 2.62. The molecule has 4 rings (SSSR count). The summed E-state index contributed by atoms with van der Waals surface area (Å²) in [4.78, 5) is 12.8. The molecule has 1 aliphatic carbocycles. The van der Waals surface area contributed by atoms with E-state index < -0.39 is 97.8 Å². The van der Waals surface area contributed by atoms with Crippen molar-refractivity contribution in [3.63, 3.8) is 0 Å². The van der Waals surface area contributed by atoms with E-state index in [1.54, 1.807) is 0 Å². The number of fused-ring (bicyclic) bond motifs is 1. The predicted molar refractivity (Wildman–Crippen MR) is 130 cm³/mol. The first kappa shape index (κ1) is 32.7. The van der Waals surface area contributed by atoms with Crippen molar-refractivity contribution in [2.45, 2.75) is 47.1 Å². The van der Waals surface area contributed by atoms with E-state index in [4.69, 9.17) is 9.47 Å². The SMILES string of the molecule is COc1c(O)c2c(c(O)c1OC)C(O)(O)C(C(O)(O)C1(O)C(O)(O)C(O)(O)N(Cc3ccccc3)C(O)(O)C1(O)O)C2=O. The highest BCUT2D eigenvalue weighted by atomic mass is 16.7. The number of methoxy groups -OCH3 is 2. The third-order valence-electron chi connectivity index (χ3n) is 7.86. The summed E-state index contributed by atoms with van der Waals surface area (Å²) >= 11 is 0. The van der Waals surface area contributed by atoms with E-state index in [2.05, 4.69) is 0 Å². The minimum atomic E-state index is -5.42. The molecule has 2 aromatic carbocycles. The van der Waals surface area contributed by atoms with Crippen molar-refractivity contribution in [2.75, 3.05) is 14.2 Å². The van der Waals surface area contributed by atoms with Crippen LogP contribution >= 0.6 is 0 Å². The number of benzene rings is 2. The van der Waals surface area contributed by atoms with Gasteiger partial charge in [0.05, 0.1) is 25.3 Å². The molecular weight excluding hydrogens is 590 g/mol. The van der Waals surface area contributed by atoms with Crippen LogP contribution in [0.25, 0.3) is 0 Å². The van der Waals surface area contributed by atoms with Crippen LogP contribution in [0.5, 0.6) is 23.0 Å². The van der Waals surface area contributed by atoms with Gasteiger partial charge in [-0.3, -0.25) is 4.79 Å². The molecule has 19 nitrogen and oxygen atoms in total. The molecular formula is C24H29NO18. The van der Waals surface area contributed by atoms with Gasteiger partial charge in [-0.25, -0.2) is 0 Å². The van der Waals surface area contributed by atoms with E-state index in [1.807, 2.05) is 0 Å². The van der Waals surface area contributed by atoms with E-state index in [-0.39, 0.29) is 5.56 Å². The van der Waals surface area contributed by atoms with Crippen LogP contribution in [0.15, 0.2) is 30.3 Å². The number of Topliss-reactive ketones (excluding diaryl/α,β-unsaturated/α-hetero) is 1. The van der Waals surface area contributed by atoms with Gasteiger partial charge in [-0.15, -0.1) is 0 Å². The number of rotatable bonds is 6. The molecule has 0 aromatic heterocycles. The van der Waals surface area contributed by atoms with Crippen molar-refractivity contribution >= 4 is 5.78 Å². The van der Waals surface area contributed by atoms with E-state index in [0.29, 0.717) is 0 Å². The maximum atomic E-state index is 13.4. The second kappa shape index (κ2) is 9.37. The van der Waals surface area contributed by atoms with Gasteiger partial charge in [0.25, 0.3) is 23.4 Å². The Morgan fingerprint density at radius 3 is 1.65 bits per heavy atom. The van der Waals surface area contributed by atoms with Gasteiger partial charge in [-0.2, -0.15) is 4.90 Å². The number of phenolic OH excluding ortho intramolecular Hbond substituents is 2. The number of ketones is 1. The molecule has 19 heteroatoms. The molecule has 2 aliphatic rings. The van der Waals surface area contributed by atoms with Crippen LogP contribution in [0, 0.1) is 5.92 Å². The zero-order valence-corrected chi connectivity index (χ0v) is 22.1. The van der Waals surface area contributed by atoms with Crippen LogP contribution in [0.1, 0.15) is 21.5 Å². The Hall–Kier alpha value is -3.25. The van der Waals surface area contributed by atoms with Gasteiger partial charge in [0.1, 0.15) is 5.92 Å². The normalized spacial score (nSPS) is 24.8. The Morgan fingerprint density at radius 2 is 1.21 bits per heavy atom. The average Bonchev–Trinajstić information content (AvgIpc) is 3.13. The van der Waals surface area contributed by atoms with Crippen LogP contribution in [0.3, 0.4) is 0 Å². The summed E-state index contributed by atoms with van der Waals surface area (Å²) in [6.45, 7) is -1.20. The molecule has 43 heavy (non-hydrogen) atoms. The molecule has 15 N–H and O–H groups in total. The summed E-state index contributed by atoms with van der Waals surface area (Å²) < 4.78 is 9.60. The third-order valence-corrected chi connectivity index (χ3v) is 7.86.